The van der Waals surface area contributed by atoms with Crippen molar-refractivity contribution in [2.24, 2.45) is 5.73 Å². The average Bonchev–Trinajstić information content (AvgIpc) is 3.34. The van der Waals surface area contributed by atoms with Gasteiger partial charge in [0.2, 0.25) is 5.91 Å². The summed E-state index contributed by atoms with van der Waals surface area (Å²) in [7, 11) is 0. The average molecular weight is 326 g/mol. The molecule has 0 heterocycles. The van der Waals surface area contributed by atoms with Crippen molar-refractivity contribution in [3.05, 3.63) is 66.2 Å². The van der Waals surface area contributed by atoms with Crippen LogP contribution in [0.1, 0.15) is 25.3 Å². The van der Waals surface area contributed by atoms with Crippen LogP contribution in [0, 0.1) is 0 Å². The minimum absolute atomic E-state index is 0.122. The van der Waals surface area contributed by atoms with Gasteiger partial charge in [-0.3, -0.25) is 4.79 Å². The molecule has 4 heteroatoms. The van der Waals surface area contributed by atoms with E-state index in [2.05, 4.69) is 17.4 Å². The summed E-state index contributed by atoms with van der Waals surface area (Å²) in [6, 6.07) is 19.9. The fourth-order valence-electron chi connectivity index (χ4n) is 2.53. The first-order valence-electron chi connectivity index (χ1n) is 7.89. The summed E-state index contributed by atoms with van der Waals surface area (Å²) >= 11 is 1.85. The fourth-order valence-corrected chi connectivity index (χ4v) is 3.78. The van der Waals surface area contributed by atoms with Crippen molar-refractivity contribution in [3.8, 4) is 0 Å². The standard InChI is InChI=1S/C19H22N2OS/c1-18(20,15-8-4-2-5-9-15)17(22)21-14-19(12-13-19)23-16-10-6-3-7-11-16/h2-11H,12-14,20H2,1H3,(H,21,22). The Bertz CT molecular complexity index is 666. The molecule has 0 radical (unpaired) electrons. The maximum Gasteiger partial charge on any atom is 0.244 e. The van der Waals surface area contributed by atoms with Gasteiger partial charge in [0.15, 0.2) is 0 Å². The molecule has 1 atom stereocenters. The highest BCUT2D eigenvalue weighted by atomic mass is 32.2. The Morgan fingerprint density at radius 2 is 1.70 bits per heavy atom. The molecular weight excluding hydrogens is 304 g/mol. The monoisotopic (exact) mass is 326 g/mol. The van der Waals surface area contributed by atoms with E-state index in [1.54, 1.807) is 6.92 Å². The summed E-state index contributed by atoms with van der Waals surface area (Å²) in [6.07, 6.45) is 2.25. The lowest BCUT2D eigenvalue weighted by molar-refractivity contribution is -0.126. The Balaban J connectivity index is 1.61. The molecule has 0 saturated heterocycles. The molecule has 1 unspecified atom stereocenters. The molecule has 23 heavy (non-hydrogen) atoms. The smallest absolute Gasteiger partial charge is 0.244 e. The second kappa shape index (κ2) is 6.38. The van der Waals surface area contributed by atoms with E-state index in [1.807, 2.05) is 60.3 Å². The van der Waals surface area contributed by atoms with Crippen molar-refractivity contribution in [3.63, 3.8) is 0 Å². The Morgan fingerprint density at radius 1 is 1.13 bits per heavy atom. The summed E-state index contributed by atoms with van der Waals surface area (Å²) in [6.45, 7) is 2.42. The van der Waals surface area contributed by atoms with Gasteiger partial charge >= 0.3 is 0 Å². The summed E-state index contributed by atoms with van der Waals surface area (Å²) in [4.78, 5) is 13.8. The number of benzene rings is 2. The Morgan fingerprint density at radius 3 is 2.26 bits per heavy atom. The quantitative estimate of drug-likeness (QED) is 0.856. The lowest BCUT2D eigenvalue weighted by Crippen LogP contribution is -2.50. The Hall–Kier alpha value is -1.78. The number of carbonyl (C=O) groups is 1. The largest absolute Gasteiger partial charge is 0.353 e. The van der Waals surface area contributed by atoms with E-state index in [-0.39, 0.29) is 10.7 Å². The predicted octanol–water partition coefficient (Wildman–Crippen LogP) is 3.30. The molecule has 120 valence electrons. The summed E-state index contributed by atoms with van der Waals surface area (Å²) in [5.74, 6) is -0.122. The molecule has 0 spiro atoms. The normalized spacial score (nSPS) is 18.0. The van der Waals surface area contributed by atoms with Crippen LogP contribution in [-0.2, 0) is 10.3 Å². The lowest BCUT2D eigenvalue weighted by atomic mass is 9.92. The van der Waals surface area contributed by atoms with Crippen LogP contribution in [-0.4, -0.2) is 17.2 Å². The SMILES string of the molecule is CC(N)(C(=O)NCC1(Sc2ccccc2)CC1)c1ccccc1. The van der Waals surface area contributed by atoms with Gasteiger partial charge in [0.1, 0.15) is 5.54 Å². The molecule has 2 aromatic carbocycles. The van der Waals surface area contributed by atoms with Crippen molar-refractivity contribution in [1.82, 2.24) is 5.32 Å². The topological polar surface area (TPSA) is 55.1 Å². The van der Waals surface area contributed by atoms with Gasteiger partial charge in [0, 0.05) is 16.2 Å². The fraction of sp³-hybridized carbons (Fsp3) is 0.316. The molecule has 3 rings (SSSR count). The Labute approximate surface area is 141 Å². The third kappa shape index (κ3) is 3.77. The predicted molar refractivity (Wildman–Crippen MR) is 95.3 cm³/mol. The zero-order valence-corrected chi connectivity index (χ0v) is 14.1. The van der Waals surface area contributed by atoms with Gasteiger partial charge in [-0.15, -0.1) is 11.8 Å². The number of carbonyl (C=O) groups excluding carboxylic acids is 1. The van der Waals surface area contributed by atoms with Crippen LogP contribution in [0.4, 0.5) is 0 Å². The van der Waals surface area contributed by atoms with Crippen molar-refractivity contribution in [2.75, 3.05) is 6.54 Å². The van der Waals surface area contributed by atoms with E-state index in [0.717, 1.165) is 18.4 Å². The first-order valence-corrected chi connectivity index (χ1v) is 8.70. The van der Waals surface area contributed by atoms with E-state index >= 15 is 0 Å². The maximum absolute atomic E-state index is 12.5. The van der Waals surface area contributed by atoms with Crippen LogP contribution in [0.25, 0.3) is 0 Å². The number of amides is 1. The van der Waals surface area contributed by atoms with Crippen molar-refractivity contribution >= 4 is 17.7 Å². The minimum Gasteiger partial charge on any atom is -0.353 e. The summed E-state index contributed by atoms with van der Waals surface area (Å²) in [5.41, 5.74) is 6.09. The second-order valence-corrected chi connectivity index (χ2v) is 7.89. The van der Waals surface area contributed by atoms with Gasteiger partial charge in [-0.05, 0) is 37.5 Å². The molecule has 1 saturated carbocycles. The van der Waals surface area contributed by atoms with E-state index in [1.165, 1.54) is 4.90 Å². The van der Waals surface area contributed by atoms with Gasteiger partial charge in [-0.25, -0.2) is 0 Å². The van der Waals surface area contributed by atoms with Crippen LogP contribution < -0.4 is 11.1 Å². The van der Waals surface area contributed by atoms with Crippen molar-refractivity contribution in [2.45, 2.75) is 34.9 Å². The maximum atomic E-state index is 12.5. The summed E-state index contributed by atoms with van der Waals surface area (Å²) < 4.78 is 0.129. The summed E-state index contributed by atoms with van der Waals surface area (Å²) in [5, 5.41) is 3.06. The lowest BCUT2D eigenvalue weighted by Gasteiger charge is -2.25. The molecule has 0 aromatic heterocycles. The van der Waals surface area contributed by atoms with Crippen LogP contribution in [0.15, 0.2) is 65.6 Å². The first-order chi connectivity index (χ1) is 11.0. The molecule has 3 nitrogen and oxygen atoms in total. The van der Waals surface area contributed by atoms with Crippen LogP contribution in [0.5, 0.6) is 0 Å². The Kier molecular flexibility index (Phi) is 4.46. The third-order valence-electron chi connectivity index (χ3n) is 4.30. The van der Waals surface area contributed by atoms with Crippen LogP contribution >= 0.6 is 11.8 Å². The molecule has 1 aliphatic carbocycles. The second-order valence-electron chi connectivity index (χ2n) is 6.35. The van der Waals surface area contributed by atoms with Crippen LogP contribution in [0.3, 0.4) is 0 Å². The number of rotatable bonds is 6. The van der Waals surface area contributed by atoms with Gasteiger partial charge in [0.05, 0.1) is 0 Å². The number of hydrogen-bond acceptors (Lipinski definition) is 3. The number of thioether (sulfide) groups is 1. The zero-order chi connectivity index (χ0) is 16.3. The molecule has 1 aliphatic rings. The molecule has 0 aliphatic heterocycles. The van der Waals surface area contributed by atoms with E-state index in [4.69, 9.17) is 5.73 Å². The molecule has 1 fully saturated rings. The molecule has 1 amide bonds. The number of nitrogens with two attached hydrogens (primary N) is 1. The van der Waals surface area contributed by atoms with E-state index in [9.17, 15) is 4.79 Å². The van der Waals surface area contributed by atoms with Gasteiger partial charge < -0.3 is 11.1 Å². The van der Waals surface area contributed by atoms with Crippen molar-refractivity contribution < 1.29 is 4.79 Å². The molecule has 3 N–H and O–H groups in total. The molecular formula is C19H22N2OS. The zero-order valence-electron chi connectivity index (χ0n) is 13.3. The number of hydrogen-bond donors (Lipinski definition) is 2. The molecule has 0 bridgehead atoms. The number of nitrogens with one attached hydrogen (secondary N) is 1. The highest BCUT2D eigenvalue weighted by molar-refractivity contribution is 8.01. The first kappa shape index (κ1) is 16.1. The molecule has 2 aromatic rings. The van der Waals surface area contributed by atoms with Crippen LogP contribution in [0.2, 0.25) is 0 Å². The minimum atomic E-state index is -1.01. The van der Waals surface area contributed by atoms with E-state index in [0.29, 0.717) is 6.54 Å². The highest BCUT2D eigenvalue weighted by Crippen LogP contribution is 2.51. The van der Waals surface area contributed by atoms with Gasteiger partial charge in [-0.2, -0.15) is 0 Å². The van der Waals surface area contributed by atoms with Gasteiger partial charge in [0.25, 0.3) is 0 Å². The third-order valence-corrected chi connectivity index (χ3v) is 5.79. The van der Waals surface area contributed by atoms with E-state index < -0.39 is 5.54 Å². The van der Waals surface area contributed by atoms with Gasteiger partial charge in [-0.1, -0.05) is 48.5 Å². The van der Waals surface area contributed by atoms with Crippen molar-refractivity contribution in [1.29, 1.82) is 0 Å². The highest BCUT2D eigenvalue weighted by Gasteiger charge is 2.44.